The van der Waals surface area contributed by atoms with Gasteiger partial charge in [0.25, 0.3) is 0 Å². The number of aromatic nitrogens is 1. The van der Waals surface area contributed by atoms with Crippen molar-refractivity contribution < 1.29 is 9.59 Å². The van der Waals surface area contributed by atoms with Gasteiger partial charge in [0.05, 0.1) is 6.04 Å². The first kappa shape index (κ1) is 21.4. The molecule has 156 valence electrons. The Morgan fingerprint density at radius 2 is 1.83 bits per heavy atom. The number of hydrogen-bond donors (Lipinski definition) is 2. The lowest BCUT2D eigenvalue weighted by Gasteiger charge is -2.38. The molecule has 1 aromatic carbocycles. The summed E-state index contributed by atoms with van der Waals surface area (Å²) < 4.78 is 2.06. The number of nitrogens with one attached hydrogen (secondary N) is 2. The van der Waals surface area contributed by atoms with E-state index in [1.165, 1.54) is 0 Å². The average molecular weight is 418 g/mol. The molecule has 2 aromatic rings. The molecule has 0 radical (unpaired) electrons. The predicted octanol–water partition coefficient (Wildman–Crippen LogP) is 2.03. The molecule has 1 aliphatic heterocycles. The van der Waals surface area contributed by atoms with Gasteiger partial charge in [-0.15, -0.1) is 0 Å². The zero-order valence-corrected chi connectivity index (χ0v) is 17.9. The van der Waals surface area contributed by atoms with Gasteiger partial charge < -0.3 is 20.1 Å². The Hall–Kier alpha value is -2.35. The molecule has 1 fully saturated rings. The van der Waals surface area contributed by atoms with Gasteiger partial charge in [0.2, 0.25) is 0 Å². The Kier molecular flexibility index (Phi) is 6.95. The van der Waals surface area contributed by atoms with Crippen molar-refractivity contribution in [2.75, 3.05) is 45.1 Å². The number of anilines is 1. The number of aryl methyl sites for hydroxylation is 2. The lowest BCUT2D eigenvalue weighted by Crippen LogP contribution is -2.49. The van der Waals surface area contributed by atoms with E-state index >= 15 is 0 Å². The molecule has 2 N–H and O–H groups in total. The van der Waals surface area contributed by atoms with E-state index in [9.17, 15) is 9.59 Å². The Labute approximate surface area is 176 Å². The van der Waals surface area contributed by atoms with Crippen molar-refractivity contribution >= 4 is 29.1 Å². The topological polar surface area (TPSA) is 69.6 Å². The molecule has 3 rings (SSSR count). The smallest absolute Gasteiger partial charge is 0.313 e. The van der Waals surface area contributed by atoms with Gasteiger partial charge >= 0.3 is 11.8 Å². The monoisotopic (exact) mass is 417 g/mol. The summed E-state index contributed by atoms with van der Waals surface area (Å²) in [6, 6.07) is 9.23. The molecule has 0 spiro atoms. The number of hydrogen-bond acceptors (Lipinski definition) is 4. The van der Waals surface area contributed by atoms with E-state index in [-0.39, 0.29) is 6.04 Å². The van der Waals surface area contributed by atoms with E-state index in [1.807, 2.05) is 26.2 Å². The van der Waals surface area contributed by atoms with Gasteiger partial charge in [-0.2, -0.15) is 0 Å². The van der Waals surface area contributed by atoms with Crippen LogP contribution in [0.25, 0.3) is 0 Å². The SMILES string of the molecule is Cc1ccc(NC(=O)C(=O)NCC(c2cccn2C)N2CCN(C)CC2)cc1Cl. The van der Waals surface area contributed by atoms with Gasteiger partial charge in [0.1, 0.15) is 0 Å². The van der Waals surface area contributed by atoms with E-state index < -0.39 is 11.8 Å². The van der Waals surface area contributed by atoms with Crippen LogP contribution in [0.1, 0.15) is 17.3 Å². The van der Waals surface area contributed by atoms with Crippen LogP contribution in [0, 0.1) is 6.92 Å². The minimum Gasteiger partial charge on any atom is -0.353 e. The maximum absolute atomic E-state index is 12.4. The molecule has 0 aliphatic carbocycles. The highest BCUT2D eigenvalue weighted by molar-refractivity contribution is 6.39. The van der Waals surface area contributed by atoms with Gasteiger partial charge in [-0.1, -0.05) is 17.7 Å². The summed E-state index contributed by atoms with van der Waals surface area (Å²) in [4.78, 5) is 29.3. The molecule has 1 unspecified atom stereocenters. The predicted molar refractivity (Wildman–Crippen MR) is 115 cm³/mol. The minimum absolute atomic E-state index is 0.00858. The van der Waals surface area contributed by atoms with Crippen LogP contribution >= 0.6 is 11.6 Å². The summed E-state index contributed by atoms with van der Waals surface area (Å²) in [7, 11) is 4.10. The maximum Gasteiger partial charge on any atom is 0.313 e. The number of carbonyl (C=O) groups is 2. The summed E-state index contributed by atoms with van der Waals surface area (Å²) in [5.41, 5.74) is 2.52. The summed E-state index contributed by atoms with van der Waals surface area (Å²) in [6.07, 6.45) is 1.99. The highest BCUT2D eigenvalue weighted by Gasteiger charge is 2.27. The number of likely N-dealkylation sites (N-methyl/N-ethyl adjacent to an activating group) is 1. The third-order valence-electron chi connectivity index (χ3n) is 5.40. The minimum atomic E-state index is -0.700. The Morgan fingerprint density at radius 3 is 2.45 bits per heavy atom. The summed E-state index contributed by atoms with van der Waals surface area (Å²) in [5.74, 6) is -1.36. The first-order valence-electron chi connectivity index (χ1n) is 9.74. The summed E-state index contributed by atoms with van der Waals surface area (Å²) >= 11 is 6.08. The Morgan fingerprint density at radius 1 is 1.10 bits per heavy atom. The van der Waals surface area contributed by atoms with E-state index in [0.717, 1.165) is 37.4 Å². The fourth-order valence-electron chi connectivity index (χ4n) is 3.50. The number of amides is 2. The van der Waals surface area contributed by atoms with Crippen LogP contribution in [0.3, 0.4) is 0 Å². The largest absolute Gasteiger partial charge is 0.353 e. The summed E-state index contributed by atoms with van der Waals surface area (Å²) in [6.45, 7) is 6.02. The second kappa shape index (κ2) is 9.43. The van der Waals surface area contributed by atoms with Crippen molar-refractivity contribution in [2.24, 2.45) is 7.05 Å². The lowest BCUT2D eigenvalue weighted by molar-refractivity contribution is -0.136. The molecular weight excluding hydrogens is 390 g/mol. The standard InChI is InChI=1S/C21H28ClN5O2/c1-15-6-7-16(13-17(15)22)24-21(29)20(28)23-14-19(18-5-4-8-26(18)3)27-11-9-25(2)10-12-27/h4-8,13,19H,9-12,14H2,1-3H3,(H,23,28)(H,24,29). The number of carbonyl (C=O) groups excluding carboxylic acids is 2. The fraction of sp³-hybridized carbons (Fsp3) is 0.429. The lowest BCUT2D eigenvalue weighted by atomic mass is 10.1. The van der Waals surface area contributed by atoms with Crippen LogP contribution in [-0.4, -0.2) is 66.0 Å². The van der Waals surface area contributed by atoms with Crippen molar-refractivity contribution in [2.45, 2.75) is 13.0 Å². The van der Waals surface area contributed by atoms with Gasteiger partial charge in [-0.05, 0) is 43.8 Å². The second-order valence-electron chi connectivity index (χ2n) is 7.53. The third kappa shape index (κ3) is 5.38. The molecule has 0 saturated carbocycles. The number of halogens is 1. The van der Waals surface area contributed by atoms with Gasteiger partial charge in [0, 0.05) is 62.4 Å². The van der Waals surface area contributed by atoms with Crippen molar-refractivity contribution in [1.82, 2.24) is 19.7 Å². The van der Waals surface area contributed by atoms with Crippen molar-refractivity contribution in [3.8, 4) is 0 Å². The molecule has 2 heterocycles. The zero-order valence-electron chi connectivity index (χ0n) is 17.1. The van der Waals surface area contributed by atoms with Crippen molar-refractivity contribution in [1.29, 1.82) is 0 Å². The third-order valence-corrected chi connectivity index (χ3v) is 5.80. The van der Waals surface area contributed by atoms with Crippen LogP contribution in [0.5, 0.6) is 0 Å². The molecule has 7 nitrogen and oxygen atoms in total. The molecule has 1 saturated heterocycles. The van der Waals surface area contributed by atoms with Crippen molar-refractivity contribution in [3.05, 3.63) is 52.8 Å². The van der Waals surface area contributed by atoms with Gasteiger partial charge in [0.15, 0.2) is 0 Å². The fourth-order valence-corrected chi connectivity index (χ4v) is 3.68. The number of benzene rings is 1. The number of rotatable bonds is 5. The van der Waals surface area contributed by atoms with E-state index in [2.05, 4.69) is 38.1 Å². The highest BCUT2D eigenvalue weighted by atomic mass is 35.5. The zero-order chi connectivity index (χ0) is 21.0. The van der Waals surface area contributed by atoms with Crippen molar-refractivity contribution in [3.63, 3.8) is 0 Å². The molecule has 8 heteroatoms. The molecule has 1 atom stereocenters. The Bertz CT molecular complexity index is 874. The molecule has 2 amide bonds. The van der Waals surface area contributed by atoms with Crippen LogP contribution in [-0.2, 0) is 16.6 Å². The average Bonchev–Trinajstić information content (AvgIpc) is 3.12. The summed E-state index contributed by atoms with van der Waals surface area (Å²) in [5, 5.41) is 5.95. The highest BCUT2D eigenvalue weighted by Crippen LogP contribution is 2.22. The molecule has 1 aliphatic rings. The van der Waals surface area contributed by atoms with Crippen LogP contribution in [0.4, 0.5) is 5.69 Å². The van der Waals surface area contributed by atoms with Gasteiger partial charge in [-0.3, -0.25) is 14.5 Å². The Balaban J connectivity index is 1.63. The second-order valence-corrected chi connectivity index (χ2v) is 7.93. The normalized spacial score (nSPS) is 16.4. The quantitative estimate of drug-likeness (QED) is 0.730. The molecular formula is C21H28ClN5O2. The first-order chi connectivity index (χ1) is 13.8. The van der Waals surface area contributed by atoms with Crippen LogP contribution in [0.15, 0.2) is 36.5 Å². The maximum atomic E-state index is 12.4. The number of nitrogens with zero attached hydrogens (tertiary/aromatic N) is 3. The van der Waals surface area contributed by atoms with E-state index in [4.69, 9.17) is 11.6 Å². The molecule has 1 aromatic heterocycles. The van der Waals surface area contributed by atoms with E-state index in [0.29, 0.717) is 17.3 Å². The van der Waals surface area contributed by atoms with Gasteiger partial charge in [-0.25, -0.2) is 0 Å². The van der Waals surface area contributed by atoms with E-state index in [1.54, 1.807) is 18.2 Å². The van der Waals surface area contributed by atoms with Crippen LogP contribution in [0.2, 0.25) is 5.02 Å². The van der Waals surface area contributed by atoms with Crippen LogP contribution < -0.4 is 10.6 Å². The first-order valence-corrected chi connectivity index (χ1v) is 10.1. The molecule has 29 heavy (non-hydrogen) atoms. The number of piperazine rings is 1. The molecule has 0 bridgehead atoms.